The molecule has 0 aromatic heterocycles. The standard InChI is InChI=1S/C18H14ClF3O5S/c19-13-5-7-17(27-28(24,25)18(20,21)22)12(8-13)10-26-14-6-4-11-2-1-3-16(23)15(11)9-14/h4-9H,1-3,10H2. The summed E-state index contributed by atoms with van der Waals surface area (Å²) in [6, 6.07) is 8.41. The number of Topliss-reactive ketones (excluding diaryl/α,β-unsaturated/α-hetero) is 1. The third-order valence-electron chi connectivity index (χ3n) is 4.13. The van der Waals surface area contributed by atoms with Gasteiger partial charge in [0.2, 0.25) is 0 Å². The van der Waals surface area contributed by atoms with Gasteiger partial charge in [0.1, 0.15) is 18.1 Å². The summed E-state index contributed by atoms with van der Waals surface area (Å²) in [6.07, 6.45) is 2.00. The van der Waals surface area contributed by atoms with Gasteiger partial charge in [0.25, 0.3) is 0 Å². The van der Waals surface area contributed by atoms with E-state index in [2.05, 4.69) is 4.18 Å². The van der Waals surface area contributed by atoms with E-state index in [-0.39, 0.29) is 23.0 Å². The Bertz CT molecular complexity index is 1020. The van der Waals surface area contributed by atoms with Crippen LogP contribution in [0.5, 0.6) is 11.5 Å². The lowest BCUT2D eigenvalue weighted by Gasteiger charge is -2.17. The highest BCUT2D eigenvalue weighted by molar-refractivity contribution is 7.88. The second-order valence-corrected chi connectivity index (χ2v) is 8.09. The third kappa shape index (κ3) is 4.41. The predicted octanol–water partition coefficient (Wildman–Crippen LogP) is 4.67. The van der Waals surface area contributed by atoms with E-state index in [9.17, 15) is 26.4 Å². The lowest BCUT2D eigenvalue weighted by atomic mass is 9.90. The van der Waals surface area contributed by atoms with Crippen LogP contribution in [0.4, 0.5) is 13.2 Å². The molecular weight excluding hydrogens is 421 g/mol. The van der Waals surface area contributed by atoms with Crippen molar-refractivity contribution in [1.29, 1.82) is 0 Å². The Morgan fingerprint density at radius 2 is 1.82 bits per heavy atom. The first-order valence-corrected chi connectivity index (χ1v) is 9.93. The quantitative estimate of drug-likeness (QED) is 0.505. The summed E-state index contributed by atoms with van der Waals surface area (Å²) in [5, 5.41) is 0.163. The second kappa shape index (κ2) is 7.63. The molecule has 2 aromatic carbocycles. The van der Waals surface area contributed by atoms with E-state index in [0.29, 0.717) is 17.7 Å². The van der Waals surface area contributed by atoms with Crippen molar-refractivity contribution in [1.82, 2.24) is 0 Å². The molecule has 2 aromatic rings. The molecule has 0 saturated carbocycles. The molecule has 0 radical (unpaired) electrons. The summed E-state index contributed by atoms with van der Waals surface area (Å²) >= 11 is 5.85. The van der Waals surface area contributed by atoms with Crippen LogP contribution < -0.4 is 8.92 Å². The smallest absolute Gasteiger partial charge is 0.489 e. The van der Waals surface area contributed by atoms with Crippen LogP contribution in [-0.4, -0.2) is 19.7 Å². The van der Waals surface area contributed by atoms with E-state index in [1.165, 1.54) is 12.1 Å². The number of hydrogen-bond donors (Lipinski definition) is 0. The van der Waals surface area contributed by atoms with E-state index in [4.69, 9.17) is 16.3 Å². The Labute approximate surface area is 164 Å². The summed E-state index contributed by atoms with van der Waals surface area (Å²) in [5.74, 6) is -0.232. The zero-order valence-corrected chi connectivity index (χ0v) is 15.8. The maximum absolute atomic E-state index is 12.6. The fourth-order valence-corrected chi connectivity index (χ4v) is 3.45. The lowest BCUT2D eigenvalue weighted by Crippen LogP contribution is -2.28. The summed E-state index contributed by atoms with van der Waals surface area (Å²) in [6.45, 7) is -0.309. The van der Waals surface area contributed by atoms with Gasteiger partial charge in [0, 0.05) is 22.6 Å². The number of benzene rings is 2. The maximum atomic E-state index is 12.6. The minimum Gasteiger partial charge on any atom is -0.489 e. The molecule has 0 N–H and O–H groups in total. The molecule has 0 atom stereocenters. The largest absolute Gasteiger partial charge is 0.534 e. The van der Waals surface area contributed by atoms with Gasteiger partial charge in [-0.3, -0.25) is 4.79 Å². The Morgan fingerprint density at radius 3 is 2.54 bits per heavy atom. The number of aryl methyl sites for hydroxylation is 1. The maximum Gasteiger partial charge on any atom is 0.534 e. The normalized spacial score (nSPS) is 14.5. The van der Waals surface area contributed by atoms with E-state index in [1.54, 1.807) is 18.2 Å². The van der Waals surface area contributed by atoms with Crippen LogP contribution in [-0.2, 0) is 23.1 Å². The topological polar surface area (TPSA) is 69.7 Å². The number of hydrogen-bond acceptors (Lipinski definition) is 5. The fraction of sp³-hybridized carbons (Fsp3) is 0.278. The number of fused-ring (bicyclic) bond motifs is 1. The van der Waals surface area contributed by atoms with Crippen molar-refractivity contribution >= 4 is 27.5 Å². The van der Waals surface area contributed by atoms with Gasteiger partial charge < -0.3 is 8.92 Å². The minimum absolute atomic E-state index is 0.00405. The molecule has 0 unspecified atom stereocenters. The number of ketones is 1. The average Bonchev–Trinajstić information content (AvgIpc) is 2.61. The van der Waals surface area contributed by atoms with Gasteiger partial charge in [-0.15, -0.1) is 0 Å². The summed E-state index contributed by atoms with van der Waals surface area (Å²) in [4.78, 5) is 12.0. The average molecular weight is 435 g/mol. The van der Waals surface area contributed by atoms with Crippen LogP contribution in [0.3, 0.4) is 0 Å². The van der Waals surface area contributed by atoms with Crippen molar-refractivity contribution in [3.8, 4) is 11.5 Å². The zero-order valence-electron chi connectivity index (χ0n) is 14.3. The summed E-state index contributed by atoms with van der Waals surface area (Å²) < 4.78 is 70.0. The van der Waals surface area contributed by atoms with Gasteiger partial charge in [-0.25, -0.2) is 0 Å². The highest BCUT2D eigenvalue weighted by atomic mass is 35.5. The molecular formula is C18H14ClF3O5S. The Kier molecular flexibility index (Phi) is 5.58. The number of halogens is 4. The molecule has 0 bridgehead atoms. The lowest BCUT2D eigenvalue weighted by molar-refractivity contribution is -0.0500. The van der Waals surface area contributed by atoms with Crippen molar-refractivity contribution in [2.45, 2.75) is 31.4 Å². The van der Waals surface area contributed by atoms with Crippen LogP contribution in [0.25, 0.3) is 0 Å². The zero-order chi connectivity index (χ0) is 20.5. The van der Waals surface area contributed by atoms with E-state index < -0.39 is 21.4 Å². The monoisotopic (exact) mass is 434 g/mol. The molecule has 0 spiro atoms. The molecule has 150 valence electrons. The Morgan fingerprint density at radius 1 is 1.07 bits per heavy atom. The van der Waals surface area contributed by atoms with Gasteiger partial charge in [0.05, 0.1) is 0 Å². The molecule has 28 heavy (non-hydrogen) atoms. The van der Waals surface area contributed by atoms with Crippen LogP contribution in [0, 0.1) is 0 Å². The number of carbonyl (C=O) groups excluding carboxylic acids is 1. The Balaban J connectivity index is 1.82. The van der Waals surface area contributed by atoms with Crippen LogP contribution in [0.15, 0.2) is 36.4 Å². The first kappa shape index (κ1) is 20.5. The van der Waals surface area contributed by atoms with E-state index >= 15 is 0 Å². The van der Waals surface area contributed by atoms with Crippen molar-refractivity contribution in [3.63, 3.8) is 0 Å². The van der Waals surface area contributed by atoms with Crippen molar-refractivity contribution in [2.24, 2.45) is 0 Å². The fourth-order valence-electron chi connectivity index (χ4n) is 2.77. The van der Waals surface area contributed by atoms with Crippen LogP contribution >= 0.6 is 11.6 Å². The summed E-state index contributed by atoms with van der Waals surface area (Å²) in [5.41, 5.74) is -4.11. The third-order valence-corrected chi connectivity index (χ3v) is 5.33. The molecule has 0 saturated heterocycles. The number of carbonyl (C=O) groups is 1. The molecule has 1 aliphatic carbocycles. The molecule has 0 fully saturated rings. The number of rotatable bonds is 5. The van der Waals surface area contributed by atoms with Crippen molar-refractivity contribution in [3.05, 3.63) is 58.1 Å². The second-order valence-electron chi connectivity index (χ2n) is 6.12. The Hall–Kier alpha value is -2.26. The highest BCUT2D eigenvalue weighted by Gasteiger charge is 2.48. The first-order valence-electron chi connectivity index (χ1n) is 8.15. The molecule has 1 aliphatic rings. The molecule has 10 heteroatoms. The van der Waals surface area contributed by atoms with Gasteiger partial charge in [-0.05, 0) is 48.7 Å². The summed E-state index contributed by atoms with van der Waals surface area (Å²) in [7, 11) is -5.83. The van der Waals surface area contributed by atoms with Crippen LogP contribution in [0.2, 0.25) is 5.02 Å². The molecule has 3 rings (SSSR count). The van der Waals surface area contributed by atoms with E-state index in [0.717, 1.165) is 24.5 Å². The highest BCUT2D eigenvalue weighted by Crippen LogP contribution is 2.32. The first-order chi connectivity index (χ1) is 13.1. The van der Waals surface area contributed by atoms with E-state index in [1.807, 2.05) is 0 Å². The van der Waals surface area contributed by atoms with Crippen molar-refractivity contribution in [2.75, 3.05) is 0 Å². The van der Waals surface area contributed by atoms with Crippen molar-refractivity contribution < 1.29 is 35.3 Å². The van der Waals surface area contributed by atoms with Crippen LogP contribution in [0.1, 0.15) is 34.3 Å². The molecule has 5 nitrogen and oxygen atoms in total. The minimum atomic E-state index is -5.83. The van der Waals surface area contributed by atoms with Gasteiger partial charge >= 0.3 is 15.6 Å². The SMILES string of the molecule is O=C1CCCc2ccc(OCc3cc(Cl)ccc3OS(=O)(=O)C(F)(F)F)cc21. The molecule has 0 amide bonds. The van der Waals surface area contributed by atoms with Gasteiger partial charge in [0.15, 0.2) is 5.78 Å². The number of ether oxygens (including phenoxy) is 1. The molecule has 0 aliphatic heterocycles. The van der Waals surface area contributed by atoms with Gasteiger partial charge in [-0.2, -0.15) is 21.6 Å². The predicted molar refractivity (Wildman–Crippen MR) is 95.1 cm³/mol. The molecule has 0 heterocycles. The number of alkyl halides is 3. The van der Waals surface area contributed by atoms with Gasteiger partial charge in [-0.1, -0.05) is 17.7 Å².